The Morgan fingerprint density at radius 2 is 1.81 bits per heavy atom. The highest BCUT2D eigenvalue weighted by Gasteiger charge is 2.52. The highest BCUT2D eigenvalue weighted by Crippen LogP contribution is 2.47. The molecule has 1 spiro atoms. The van der Waals surface area contributed by atoms with Crippen LogP contribution in [0.15, 0.2) is 65.2 Å². The molecule has 3 heterocycles. The lowest BCUT2D eigenvalue weighted by atomic mass is 9.68. The number of halogens is 1. The van der Waals surface area contributed by atoms with Gasteiger partial charge in [0.2, 0.25) is 11.7 Å². The van der Waals surface area contributed by atoms with Gasteiger partial charge in [-0.25, -0.2) is 4.39 Å². The van der Waals surface area contributed by atoms with Crippen molar-refractivity contribution < 1.29 is 23.6 Å². The van der Waals surface area contributed by atoms with Crippen molar-refractivity contribution >= 4 is 11.8 Å². The van der Waals surface area contributed by atoms with Crippen molar-refractivity contribution in [1.29, 1.82) is 0 Å². The van der Waals surface area contributed by atoms with Crippen LogP contribution in [0.4, 0.5) is 4.39 Å². The van der Waals surface area contributed by atoms with Crippen LogP contribution in [0.5, 0.6) is 0 Å². The van der Waals surface area contributed by atoms with Crippen LogP contribution < -0.4 is 0 Å². The Bertz CT molecular complexity index is 1250. The van der Waals surface area contributed by atoms with Crippen molar-refractivity contribution in [3.05, 3.63) is 89.1 Å². The largest absolute Gasteiger partial charge is 0.391 e. The number of hydrogen-bond donors (Lipinski definition) is 1. The first-order valence-electron chi connectivity index (χ1n) is 12.8. The summed E-state index contributed by atoms with van der Waals surface area (Å²) in [5, 5.41) is 15.4. The number of piperidine rings is 2. The quantitative estimate of drug-likeness (QED) is 0.544. The number of aromatic nitrogens is 1. The molecule has 2 aromatic carbocycles. The van der Waals surface area contributed by atoms with E-state index in [0.717, 1.165) is 16.8 Å². The summed E-state index contributed by atoms with van der Waals surface area (Å²) in [7, 11) is 0. The van der Waals surface area contributed by atoms with E-state index >= 15 is 0 Å². The molecule has 2 aliphatic rings. The zero-order chi connectivity index (χ0) is 26.2. The number of aliphatic hydroxyl groups is 1. The molecule has 194 valence electrons. The molecule has 1 N–H and O–H groups in total. The fourth-order valence-electron chi connectivity index (χ4n) is 5.62. The van der Waals surface area contributed by atoms with Gasteiger partial charge in [0.05, 0.1) is 23.3 Å². The zero-order valence-electron chi connectivity index (χ0n) is 21.1. The molecular formula is C29H32FN3O4. The maximum absolute atomic E-state index is 14.1. The molecule has 2 fully saturated rings. The number of nitrogens with zero attached hydrogens (tertiary/aromatic N) is 3. The van der Waals surface area contributed by atoms with Crippen LogP contribution >= 0.6 is 0 Å². The van der Waals surface area contributed by atoms with Crippen LogP contribution in [0.1, 0.15) is 72.4 Å². The van der Waals surface area contributed by atoms with E-state index in [-0.39, 0.29) is 35.9 Å². The first kappa shape index (κ1) is 25.1. The van der Waals surface area contributed by atoms with Gasteiger partial charge in [0, 0.05) is 25.7 Å². The minimum Gasteiger partial charge on any atom is -0.391 e. The number of rotatable bonds is 5. The number of carbonyl (C=O) groups is 2. The minimum absolute atomic E-state index is 0.0372. The normalized spacial score (nSPS) is 21.6. The van der Waals surface area contributed by atoms with Crippen molar-refractivity contribution in [2.75, 3.05) is 13.1 Å². The Labute approximate surface area is 215 Å². The molecule has 2 amide bonds. The molecular weight excluding hydrogens is 473 g/mol. The Morgan fingerprint density at radius 1 is 1.14 bits per heavy atom. The summed E-state index contributed by atoms with van der Waals surface area (Å²) >= 11 is 0. The van der Waals surface area contributed by atoms with E-state index in [1.54, 1.807) is 28.0 Å². The molecule has 2 saturated heterocycles. The van der Waals surface area contributed by atoms with Crippen LogP contribution in [0.25, 0.3) is 0 Å². The van der Waals surface area contributed by atoms with E-state index in [0.29, 0.717) is 32.4 Å². The maximum Gasteiger partial charge on any atom is 0.292 e. The molecule has 0 radical (unpaired) electrons. The van der Waals surface area contributed by atoms with Gasteiger partial charge in [-0.15, -0.1) is 0 Å². The summed E-state index contributed by atoms with van der Waals surface area (Å²) in [5.41, 5.74) is 1.61. The van der Waals surface area contributed by atoms with Crippen molar-refractivity contribution in [3.63, 3.8) is 0 Å². The van der Waals surface area contributed by atoms with Gasteiger partial charge >= 0.3 is 0 Å². The van der Waals surface area contributed by atoms with Gasteiger partial charge in [0.1, 0.15) is 5.82 Å². The van der Waals surface area contributed by atoms with Gasteiger partial charge in [-0.05, 0) is 48.4 Å². The highest BCUT2D eigenvalue weighted by atomic mass is 19.1. The van der Waals surface area contributed by atoms with Crippen molar-refractivity contribution in [2.24, 2.45) is 5.41 Å². The molecule has 2 atom stereocenters. The lowest BCUT2D eigenvalue weighted by Crippen LogP contribution is -2.58. The SMILES string of the molecule is CC(C)c1cc(C(=O)N2CCC3(CC2)C[C@@H](O)[C@H](c2ccccc2)N(Cc2ccc(F)cc2)C3=O)on1. The molecule has 0 bridgehead atoms. The molecule has 3 aromatic rings. The molecule has 5 rings (SSSR count). The fraction of sp³-hybridized carbons (Fsp3) is 0.414. The maximum atomic E-state index is 14.1. The number of carbonyl (C=O) groups excluding carboxylic acids is 2. The topological polar surface area (TPSA) is 86.9 Å². The molecule has 0 unspecified atom stereocenters. The van der Waals surface area contributed by atoms with Gasteiger partial charge in [-0.2, -0.15) is 0 Å². The summed E-state index contributed by atoms with van der Waals surface area (Å²) < 4.78 is 18.8. The second-order valence-electron chi connectivity index (χ2n) is 10.5. The van der Waals surface area contributed by atoms with E-state index in [4.69, 9.17) is 4.52 Å². The third kappa shape index (κ3) is 4.90. The average molecular weight is 506 g/mol. The van der Waals surface area contributed by atoms with Crippen LogP contribution in [-0.4, -0.2) is 51.1 Å². The Kier molecular flexibility index (Phi) is 6.86. The van der Waals surface area contributed by atoms with E-state index in [1.165, 1.54) is 12.1 Å². The van der Waals surface area contributed by atoms with Gasteiger partial charge < -0.3 is 19.4 Å². The molecule has 2 aliphatic heterocycles. The Morgan fingerprint density at radius 3 is 2.43 bits per heavy atom. The summed E-state index contributed by atoms with van der Waals surface area (Å²) in [6.07, 6.45) is 0.445. The van der Waals surface area contributed by atoms with Crippen LogP contribution in [0.2, 0.25) is 0 Å². The predicted molar refractivity (Wildman–Crippen MR) is 135 cm³/mol. The average Bonchev–Trinajstić information content (AvgIpc) is 3.40. The summed E-state index contributed by atoms with van der Waals surface area (Å²) in [4.78, 5) is 30.6. The first-order chi connectivity index (χ1) is 17.8. The lowest BCUT2D eigenvalue weighted by molar-refractivity contribution is -0.164. The molecule has 0 saturated carbocycles. The monoisotopic (exact) mass is 505 g/mol. The number of hydrogen-bond acceptors (Lipinski definition) is 5. The lowest BCUT2D eigenvalue weighted by Gasteiger charge is -2.51. The van der Waals surface area contributed by atoms with Crippen LogP contribution in [0, 0.1) is 11.2 Å². The molecule has 37 heavy (non-hydrogen) atoms. The zero-order valence-corrected chi connectivity index (χ0v) is 21.1. The van der Waals surface area contributed by atoms with E-state index < -0.39 is 17.6 Å². The minimum atomic E-state index is -0.773. The summed E-state index contributed by atoms with van der Waals surface area (Å²) in [5.74, 6) is -0.250. The van der Waals surface area contributed by atoms with Crippen LogP contribution in [0.3, 0.4) is 0 Å². The molecule has 8 heteroatoms. The van der Waals surface area contributed by atoms with Crippen molar-refractivity contribution in [3.8, 4) is 0 Å². The van der Waals surface area contributed by atoms with Gasteiger partial charge in [-0.3, -0.25) is 9.59 Å². The summed E-state index contributed by atoms with van der Waals surface area (Å²) in [6, 6.07) is 16.8. The van der Waals surface area contributed by atoms with Crippen molar-refractivity contribution in [1.82, 2.24) is 15.0 Å². The number of benzene rings is 2. The third-order valence-corrected chi connectivity index (χ3v) is 7.76. The van der Waals surface area contributed by atoms with Crippen LogP contribution in [-0.2, 0) is 11.3 Å². The van der Waals surface area contributed by atoms with Gasteiger partial charge in [-0.1, -0.05) is 61.5 Å². The Hall–Kier alpha value is -3.52. The van der Waals surface area contributed by atoms with E-state index in [9.17, 15) is 19.1 Å². The summed E-state index contributed by atoms with van der Waals surface area (Å²) in [6.45, 7) is 5.00. The molecule has 7 nitrogen and oxygen atoms in total. The number of amides is 2. The highest BCUT2D eigenvalue weighted by molar-refractivity contribution is 5.92. The predicted octanol–water partition coefficient (Wildman–Crippen LogP) is 4.69. The smallest absolute Gasteiger partial charge is 0.292 e. The fourth-order valence-corrected chi connectivity index (χ4v) is 5.62. The van der Waals surface area contributed by atoms with Gasteiger partial charge in [0.15, 0.2) is 0 Å². The molecule has 0 aliphatic carbocycles. The van der Waals surface area contributed by atoms with E-state index in [2.05, 4.69) is 5.16 Å². The van der Waals surface area contributed by atoms with E-state index in [1.807, 2.05) is 44.2 Å². The van der Waals surface area contributed by atoms with Crippen molar-refractivity contribution in [2.45, 2.75) is 57.7 Å². The number of aliphatic hydroxyl groups excluding tert-OH is 1. The second kappa shape index (κ2) is 10.1. The standard InChI is InChI=1S/C29H32FN3O4/c1-19(2)23-16-25(37-31-23)27(35)32-14-12-29(13-15-32)17-24(34)26(21-6-4-3-5-7-21)33(28(29)36)18-20-8-10-22(30)11-9-20/h3-11,16,19,24,26,34H,12-15,17-18H2,1-2H3/t24-,26+/m1/s1. The second-order valence-corrected chi connectivity index (χ2v) is 10.5. The molecule has 1 aromatic heterocycles. The first-order valence-corrected chi connectivity index (χ1v) is 12.8. The third-order valence-electron chi connectivity index (χ3n) is 7.76. The number of likely N-dealkylation sites (tertiary alicyclic amines) is 2. The Balaban J connectivity index is 1.38. The van der Waals surface area contributed by atoms with Gasteiger partial charge in [0.25, 0.3) is 5.91 Å².